The van der Waals surface area contributed by atoms with Gasteiger partial charge in [0.15, 0.2) is 0 Å². The Morgan fingerprint density at radius 1 is 1.38 bits per heavy atom. The van der Waals surface area contributed by atoms with Gasteiger partial charge in [-0.3, -0.25) is 0 Å². The van der Waals surface area contributed by atoms with Crippen LogP contribution in [0.1, 0.15) is 24.0 Å². The number of benzene rings is 1. The van der Waals surface area contributed by atoms with E-state index in [4.69, 9.17) is 0 Å². The zero-order valence-electron chi connectivity index (χ0n) is 10.2. The van der Waals surface area contributed by atoms with E-state index in [0.29, 0.717) is 5.75 Å². The van der Waals surface area contributed by atoms with Crippen molar-refractivity contribution in [1.29, 1.82) is 0 Å². The number of phenolic OH excluding ortho intramolecular Hbond substituents is 1. The number of rotatable bonds is 4. The lowest BCUT2D eigenvalue weighted by molar-refractivity contribution is 0.385. The summed E-state index contributed by atoms with van der Waals surface area (Å²) in [5, 5.41) is 13.2. The molecule has 1 aliphatic rings. The summed E-state index contributed by atoms with van der Waals surface area (Å²) in [5.74, 6) is 0.393. The molecule has 0 radical (unpaired) electrons. The molecule has 0 spiro atoms. The second kappa shape index (κ2) is 4.07. The molecule has 0 amide bonds. The van der Waals surface area contributed by atoms with E-state index in [1.54, 1.807) is 0 Å². The molecule has 1 aliphatic carbocycles. The quantitative estimate of drug-likeness (QED) is 0.810. The van der Waals surface area contributed by atoms with Gasteiger partial charge < -0.3 is 15.3 Å². The third kappa shape index (κ3) is 2.06. The number of nitrogens with zero attached hydrogens (tertiary/aromatic N) is 1. The highest BCUT2D eigenvalue weighted by Crippen LogP contribution is 2.45. The minimum absolute atomic E-state index is 0.175. The Labute approximate surface area is 97.1 Å². The molecule has 0 saturated heterocycles. The zero-order valence-corrected chi connectivity index (χ0v) is 10.2. The lowest BCUT2D eigenvalue weighted by atomic mass is 10.0. The zero-order chi connectivity index (χ0) is 11.8. The second-order valence-corrected chi connectivity index (χ2v) is 4.91. The first-order valence-electron chi connectivity index (χ1n) is 5.73. The first kappa shape index (κ1) is 11.4. The topological polar surface area (TPSA) is 35.5 Å². The van der Waals surface area contributed by atoms with E-state index in [9.17, 15) is 5.11 Å². The number of aromatic hydroxyl groups is 1. The van der Waals surface area contributed by atoms with Crippen molar-refractivity contribution in [3.63, 3.8) is 0 Å². The van der Waals surface area contributed by atoms with Crippen LogP contribution in [-0.4, -0.2) is 31.1 Å². The maximum Gasteiger partial charge on any atom is 0.120 e. The molecule has 0 atom stereocenters. The van der Waals surface area contributed by atoms with Gasteiger partial charge in [0.25, 0.3) is 0 Å². The number of hydrogen-bond acceptors (Lipinski definition) is 3. The number of hydrogen-bond donors (Lipinski definition) is 2. The van der Waals surface area contributed by atoms with Gasteiger partial charge in [-0.05, 0) is 51.7 Å². The Morgan fingerprint density at radius 2 is 2.06 bits per heavy atom. The van der Waals surface area contributed by atoms with Crippen LogP contribution in [-0.2, 0) is 12.1 Å². The molecule has 1 aromatic carbocycles. The van der Waals surface area contributed by atoms with Crippen molar-refractivity contribution in [3.05, 3.63) is 29.3 Å². The van der Waals surface area contributed by atoms with E-state index in [2.05, 4.69) is 16.3 Å². The van der Waals surface area contributed by atoms with Gasteiger partial charge >= 0.3 is 0 Å². The fourth-order valence-electron chi connectivity index (χ4n) is 2.16. The van der Waals surface area contributed by atoms with E-state index < -0.39 is 0 Å². The van der Waals surface area contributed by atoms with Crippen molar-refractivity contribution >= 4 is 0 Å². The Balaban J connectivity index is 2.28. The van der Waals surface area contributed by atoms with Crippen molar-refractivity contribution in [2.75, 3.05) is 21.1 Å². The molecule has 1 aromatic rings. The standard InChI is InChI=1S/C13H20N2O/c1-14-13(6-7-13)11-4-5-12(16)10(8-11)9-15(2)3/h4-5,8,14,16H,6-7,9H2,1-3H3. The van der Waals surface area contributed by atoms with Gasteiger partial charge in [0, 0.05) is 17.6 Å². The summed E-state index contributed by atoms with van der Waals surface area (Å²) in [7, 11) is 6.03. The molecule has 3 heteroatoms. The maximum atomic E-state index is 9.80. The van der Waals surface area contributed by atoms with Crippen LogP contribution in [0.5, 0.6) is 5.75 Å². The average molecular weight is 220 g/mol. The van der Waals surface area contributed by atoms with E-state index in [0.717, 1.165) is 12.1 Å². The summed E-state index contributed by atoms with van der Waals surface area (Å²) in [6.45, 7) is 0.777. The smallest absolute Gasteiger partial charge is 0.120 e. The van der Waals surface area contributed by atoms with Crippen molar-refractivity contribution in [1.82, 2.24) is 10.2 Å². The maximum absolute atomic E-state index is 9.80. The van der Waals surface area contributed by atoms with Crippen LogP contribution < -0.4 is 5.32 Å². The van der Waals surface area contributed by atoms with Crippen molar-refractivity contribution in [2.24, 2.45) is 0 Å². The molecule has 0 heterocycles. The van der Waals surface area contributed by atoms with Gasteiger partial charge in [0.2, 0.25) is 0 Å². The second-order valence-electron chi connectivity index (χ2n) is 4.91. The van der Waals surface area contributed by atoms with E-state index >= 15 is 0 Å². The highest BCUT2D eigenvalue weighted by molar-refractivity contribution is 5.41. The SMILES string of the molecule is CNC1(c2ccc(O)c(CN(C)C)c2)CC1. The highest BCUT2D eigenvalue weighted by atomic mass is 16.3. The first-order valence-corrected chi connectivity index (χ1v) is 5.73. The molecular weight excluding hydrogens is 200 g/mol. The van der Waals surface area contributed by atoms with Crippen molar-refractivity contribution in [2.45, 2.75) is 24.9 Å². The summed E-state index contributed by atoms with van der Waals surface area (Å²) >= 11 is 0. The van der Waals surface area contributed by atoms with Crippen LogP contribution in [0.15, 0.2) is 18.2 Å². The fraction of sp³-hybridized carbons (Fsp3) is 0.538. The summed E-state index contributed by atoms with van der Waals surface area (Å²) in [6, 6.07) is 5.96. The van der Waals surface area contributed by atoms with Gasteiger partial charge in [-0.25, -0.2) is 0 Å². The molecule has 2 N–H and O–H groups in total. The summed E-state index contributed by atoms with van der Waals surface area (Å²) in [6.07, 6.45) is 2.38. The van der Waals surface area contributed by atoms with E-state index in [-0.39, 0.29) is 5.54 Å². The molecule has 0 aromatic heterocycles. The molecule has 0 bridgehead atoms. The number of nitrogens with one attached hydrogen (secondary N) is 1. The van der Waals surface area contributed by atoms with Crippen LogP contribution in [0.25, 0.3) is 0 Å². The Bertz CT molecular complexity index is 384. The van der Waals surface area contributed by atoms with Crippen LogP contribution >= 0.6 is 0 Å². The summed E-state index contributed by atoms with van der Waals surface area (Å²) in [4.78, 5) is 2.07. The van der Waals surface area contributed by atoms with Crippen LogP contribution in [0.2, 0.25) is 0 Å². The molecule has 0 aliphatic heterocycles. The van der Waals surface area contributed by atoms with Gasteiger partial charge in [-0.15, -0.1) is 0 Å². The largest absolute Gasteiger partial charge is 0.508 e. The normalized spacial score (nSPS) is 17.8. The summed E-state index contributed by atoms with van der Waals surface area (Å²) < 4.78 is 0. The minimum Gasteiger partial charge on any atom is -0.508 e. The average Bonchev–Trinajstić information content (AvgIpc) is 3.01. The monoisotopic (exact) mass is 220 g/mol. The Hall–Kier alpha value is -1.06. The lowest BCUT2D eigenvalue weighted by Gasteiger charge is -2.18. The van der Waals surface area contributed by atoms with Crippen LogP contribution in [0.3, 0.4) is 0 Å². The third-order valence-corrected chi connectivity index (χ3v) is 3.35. The van der Waals surface area contributed by atoms with E-state index in [1.165, 1.54) is 18.4 Å². The molecule has 0 unspecified atom stereocenters. The minimum atomic E-state index is 0.175. The predicted octanol–water partition coefficient (Wildman–Crippen LogP) is 1.66. The fourth-order valence-corrected chi connectivity index (χ4v) is 2.16. The van der Waals surface area contributed by atoms with Crippen molar-refractivity contribution in [3.8, 4) is 5.75 Å². The molecular formula is C13H20N2O. The molecule has 3 nitrogen and oxygen atoms in total. The molecule has 2 rings (SSSR count). The Kier molecular flexibility index (Phi) is 2.91. The highest BCUT2D eigenvalue weighted by Gasteiger charge is 2.42. The Morgan fingerprint density at radius 3 is 2.56 bits per heavy atom. The van der Waals surface area contributed by atoms with Gasteiger partial charge in [0.05, 0.1) is 0 Å². The number of phenols is 1. The van der Waals surface area contributed by atoms with Gasteiger partial charge in [-0.2, -0.15) is 0 Å². The molecule has 88 valence electrons. The predicted molar refractivity (Wildman–Crippen MR) is 65.5 cm³/mol. The van der Waals surface area contributed by atoms with Crippen LogP contribution in [0.4, 0.5) is 0 Å². The summed E-state index contributed by atoms with van der Waals surface area (Å²) in [5.41, 5.74) is 2.48. The van der Waals surface area contributed by atoms with Crippen LogP contribution in [0, 0.1) is 0 Å². The molecule has 16 heavy (non-hydrogen) atoms. The lowest BCUT2D eigenvalue weighted by Crippen LogP contribution is -2.24. The van der Waals surface area contributed by atoms with E-state index in [1.807, 2.05) is 33.3 Å². The first-order chi connectivity index (χ1) is 7.57. The third-order valence-electron chi connectivity index (χ3n) is 3.35. The van der Waals surface area contributed by atoms with Gasteiger partial charge in [0.1, 0.15) is 5.75 Å². The van der Waals surface area contributed by atoms with Gasteiger partial charge in [-0.1, -0.05) is 6.07 Å². The molecule has 1 saturated carbocycles. The molecule has 1 fully saturated rings. The van der Waals surface area contributed by atoms with Crippen molar-refractivity contribution < 1.29 is 5.11 Å².